The molecule has 0 saturated carbocycles. The van der Waals surface area contributed by atoms with Crippen molar-refractivity contribution < 1.29 is 20.1 Å². The van der Waals surface area contributed by atoms with Gasteiger partial charge in [0.1, 0.15) is 23.8 Å². The lowest BCUT2D eigenvalue weighted by Crippen LogP contribution is -2.33. The van der Waals surface area contributed by atoms with Crippen LogP contribution in [-0.4, -0.2) is 54.8 Å². The molecule has 136 valence electrons. The number of aliphatic hydroxyl groups excluding tert-OH is 3. The van der Waals surface area contributed by atoms with E-state index in [1.54, 1.807) is 29.0 Å². The molecule has 0 spiro atoms. The monoisotopic (exact) mass is 376 g/mol. The van der Waals surface area contributed by atoms with Gasteiger partial charge in [-0.3, -0.25) is 4.57 Å². The van der Waals surface area contributed by atoms with E-state index in [0.29, 0.717) is 21.9 Å². The fourth-order valence-corrected chi connectivity index (χ4v) is 3.24. The highest BCUT2D eigenvalue weighted by atomic mass is 35.5. The minimum atomic E-state index is -1.20. The van der Waals surface area contributed by atoms with Crippen molar-refractivity contribution in [3.63, 3.8) is 0 Å². The Balaban J connectivity index is 1.69. The van der Waals surface area contributed by atoms with E-state index in [0.717, 1.165) is 5.69 Å². The van der Waals surface area contributed by atoms with Crippen molar-refractivity contribution in [1.29, 1.82) is 0 Å². The van der Waals surface area contributed by atoms with Crippen LogP contribution < -0.4 is 5.32 Å². The van der Waals surface area contributed by atoms with Crippen LogP contribution in [0, 0.1) is 0 Å². The summed E-state index contributed by atoms with van der Waals surface area (Å²) in [5, 5.41) is 33.3. The van der Waals surface area contributed by atoms with Crippen LogP contribution in [0.3, 0.4) is 0 Å². The van der Waals surface area contributed by atoms with E-state index in [1.807, 2.05) is 12.1 Å². The van der Waals surface area contributed by atoms with E-state index in [-0.39, 0.29) is 0 Å². The molecule has 0 amide bonds. The molecule has 0 radical (unpaired) electrons. The summed E-state index contributed by atoms with van der Waals surface area (Å²) >= 11 is 6.02. The molecule has 4 N–H and O–H groups in total. The number of imidazole rings is 1. The number of anilines is 2. The highest BCUT2D eigenvalue weighted by Gasteiger charge is 2.43. The Morgan fingerprint density at radius 3 is 2.77 bits per heavy atom. The molecule has 1 aliphatic rings. The van der Waals surface area contributed by atoms with E-state index >= 15 is 0 Å². The normalized spacial score (nSPS) is 25.7. The molecule has 4 rings (SSSR count). The smallest absolute Gasteiger partial charge is 0.165 e. The van der Waals surface area contributed by atoms with Crippen LogP contribution in [0.5, 0.6) is 0 Å². The van der Waals surface area contributed by atoms with Crippen molar-refractivity contribution >= 4 is 34.1 Å². The molecule has 0 unspecified atom stereocenters. The molecule has 1 aromatic carbocycles. The van der Waals surface area contributed by atoms with Gasteiger partial charge in [0.2, 0.25) is 0 Å². The number of ether oxygens (including phenoxy) is 1. The van der Waals surface area contributed by atoms with Crippen molar-refractivity contribution in [3.8, 4) is 0 Å². The molecule has 26 heavy (non-hydrogen) atoms. The number of nitrogens with one attached hydrogen (secondary N) is 1. The first-order valence-electron chi connectivity index (χ1n) is 8.05. The lowest BCUT2D eigenvalue weighted by molar-refractivity contribution is -0.0511. The molecule has 2 aromatic heterocycles. The average Bonchev–Trinajstić information content (AvgIpc) is 3.18. The lowest BCUT2D eigenvalue weighted by Gasteiger charge is -2.16. The summed E-state index contributed by atoms with van der Waals surface area (Å²) in [5.41, 5.74) is 2.56. The van der Waals surface area contributed by atoms with E-state index in [9.17, 15) is 15.3 Å². The summed E-state index contributed by atoms with van der Waals surface area (Å²) in [6.07, 6.45) is -1.04. The summed E-state index contributed by atoms with van der Waals surface area (Å²) in [7, 11) is 0. The molecule has 4 atom stereocenters. The second-order valence-electron chi connectivity index (χ2n) is 6.05. The zero-order chi connectivity index (χ0) is 18.3. The highest BCUT2D eigenvalue weighted by Crippen LogP contribution is 2.33. The first kappa shape index (κ1) is 17.2. The van der Waals surface area contributed by atoms with Gasteiger partial charge in [-0.05, 0) is 24.3 Å². The van der Waals surface area contributed by atoms with Crippen LogP contribution in [0.4, 0.5) is 11.4 Å². The summed E-state index contributed by atoms with van der Waals surface area (Å²) in [5.74, 6) is 0. The number of pyridine rings is 1. The Morgan fingerprint density at radius 1 is 1.19 bits per heavy atom. The molecule has 1 aliphatic heterocycles. The number of fused-ring (bicyclic) bond motifs is 1. The van der Waals surface area contributed by atoms with E-state index in [4.69, 9.17) is 16.3 Å². The lowest BCUT2D eigenvalue weighted by atomic mass is 10.1. The number of aromatic nitrogens is 3. The molecule has 1 saturated heterocycles. The molecule has 0 aliphatic carbocycles. The number of hydrogen-bond acceptors (Lipinski definition) is 7. The van der Waals surface area contributed by atoms with Gasteiger partial charge in [-0.15, -0.1) is 0 Å². The summed E-state index contributed by atoms with van der Waals surface area (Å²) in [4.78, 5) is 8.68. The second kappa shape index (κ2) is 6.82. The van der Waals surface area contributed by atoms with Crippen molar-refractivity contribution in [1.82, 2.24) is 14.5 Å². The molecular weight excluding hydrogens is 360 g/mol. The van der Waals surface area contributed by atoms with Crippen molar-refractivity contribution in [2.45, 2.75) is 24.5 Å². The molecular formula is C17H17ClN4O4. The number of rotatable bonds is 4. The summed E-state index contributed by atoms with van der Waals surface area (Å²) < 4.78 is 7.10. The third-order valence-corrected chi connectivity index (χ3v) is 4.59. The van der Waals surface area contributed by atoms with Gasteiger partial charge in [0.05, 0.1) is 18.6 Å². The van der Waals surface area contributed by atoms with Crippen LogP contribution >= 0.6 is 11.6 Å². The van der Waals surface area contributed by atoms with Gasteiger partial charge >= 0.3 is 0 Å². The van der Waals surface area contributed by atoms with Gasteiger partial charge in [0.15, 0.2) is 11.9 Å². The van der Waals surface area contributed by atoms with Gasteiger partial charge in [-0.1, -0.05) is 17.7 Å². The Hall–Kier alpha value is -2.23. The first-order chi connectivity index (χ1) is 12.6. The molecule has 8 nitrogen and oxygen atoms in total. The van der Waals surface area contributed by atoms with Gasteiger partial charge < -0.3 is 25.4 Å². The Bertz CT molecular complexity index is 934. The number of nitrogens with zero attached hydrogens (tertiary/aromatic N) is 3. The highest BCUT2D eigenvalue weighted by molar-refractivity contribution is 6.30. The van der Waals surface area contributed by atoms with E-state index < -0.39 is 31.1 Å². The van der Waals surface area contributed by atoms with Crippen LogP contribution in [0.25, 0.3) is 11.2 Å². The average molecular weight is 377 g/mol. The fourth-order valence-electron chi connectivity index (χ4n) is 3.05. The van der Waals surface area contributed by atoms with Crippen LogP contribution in [0.1, 0.15) is 6.23 Å². The SMILES string of the molecule is OC[C@H]1O[C@@H](n2cnc3c(Nc4cccc(Cl)c4)ccnc32)[C@H](O)[C@@H]1O. The van der Waals surface area contributed by atoms with Crippen LogP contribution in [-0.2, 0) is 4.74 Å². The minimum absolute atomic E-state index is 0.393. The van der Waals surface area contributed by atoms with Gasteiger partial charge in [-0.25, -0.2) is 9.97 Å². The minimum Gasteiger partial charge on any atom is -0.394 e. The van der Waals surface area contributed by atoms with Crippen molar-refractivity contribution in [2.75, 3.05) is 11.9 Å². The third kappa shape index (κ3) is 2.91. The summed E-state index contributed by atoms with van der Waals surface area (Å²) in [6, 6.07) is 9.06. The van der Waals surface area contributed by atoms with E-state index in [1.165, 1.54) is 6.33 Å². The number of hydrogen-bond donors (Lipinski definition) is 4. The van der Waals surface area contributed by atoms with Crippen molar-refractivity contribution in [3.05, 3.63) is 47.9 Å². The van der Waals surface area contributed by atoms with Gasteiger partial charge in [0, 0.05) is 16.9 Å². The third-order valence-electron chi connectivity index (χ3n) is 4.36. The fraction of sp³-hybridized carbons (Fsp3) is 0.294. The standard InChI is InChI=1S/C17H17ClN4O4/c18-9-2-1-3-10(6-9)21-11-4-5-19-16-13(11)20-8-22(16)17-15(25)14(24)12(7-23)26-17/h1-6,8,12,14-15,17,23-25H,7H2,(H,19,21)/t12-,14-,15-,17-/m1/s1. The number of aliphatic hydroxyl groups is 3. The largest absolute Gasteiger partial charge is 0.394 e. The Labute approximate surface area is 153 Å². The topological polar surface area (TPSA) is 113 Å². The first-order valence-corrected chi connectivity index (χ1v) is 8.43. The molecule has 3 heterocycles. The van der Waals surface area contributed by atoms with Gasteiger partial charge in [0.25, 0.3) is 0 Å². The number of benzene rings is 1. The second-order valence-corrected chi connectivity index (χ2v) is 6.48. The summed E-state index contributed by atoms with van der Waals surface area (Å²) in [6.45, 7) is -0.393. The van der Waals surface area contributed by atoms with Crippen LogP contribution in [0.15, 0.2) is 42.9 Å². The zero-order valence-corrected chi connectivity index (χ0v) is 14.3. The number of halogens is 1. The Kier molecular flexibility index (Phi) is 4.51. The maximum Gasteiger partial charge on any atom is 0.165 e. The molecule has 9 heteroatoms. The van der Waals surface area contributed by atoms with Gasteiger partial charge in [-0.2, -0.15) is 0 Å². The molecule has 0 bridgehead atoms. The predicted octanol–water partition coefficient (Wildman–Crippen LogP) is 1.44. The predicted molar refractivity (Wildman–Crippen MR) is 95.3 cm³/mol. The van der Waals surface area contributed by atoms with Crippen LogP contribution in [0.2, 0.25) is 5.02 Å². The molecule has 3 aromatic rings. The van der Waals surface area contributed by atoms with Crippen molar-refractivity contribution in [2.24, 2.45) is 0 Å². The quantitative estimate of drug-likeness (QED) is 0.545. The van der Waals surface area contributed by atoms with E-state index in [2.05, 4.69) is 15.3 Å². The Morgan fingerprint density at radius 2 is 2.04 bits per heavy atom. The maximum absolute atomic E-state index is 10.2. The maximum atomic E-state index is 10.2. The zero-order valence-electron chi connectivity index (χ0n) is 13.5. The molecule has 1 fully saturated rings.